The van der Waals surface area contributed by atoms with Gasteiger partial charge in [-0.25, -0.2) is 0 Å². The van der Waals surface area contributed by atoms with E-state index in [9.17, 15) is 0 Å². The minimum absolute atomic E-state index is 0.224. The molecule has 0 spiro atoms. The number of aliphatic imine (C=N–C) groups is 1. The smallest absolute Gasteiger partial charge is 0.184 e. The van der Waals surface area contributed by atoms with Gasteiger partial charge in [0.15, 0.2) is 4.67 Å². The van der Waals surface area contributed by atoms with Crippen molar-refractivity contribution in [2.24, 2.45) is 4.99 Å². The molecule has 2 rings (SSSR count). The molecule has 0 atom stereocenters. The maximum atomic E-state index is 9.10. The maximum Gasteiger partial charge on any atom is 0.184 e. The van der Waals surface area contributed by atoms with E-state index >= 15 is 0 Å². The van der Waals surface area contributed by atoms with Crippen molar-refractivity contribution in [2.75, 3.05) is 0 Å². The number of hydrogen-bond donors (Lipinski definition) is 1. The molecule has 0 amide bonds. The Balaban J connectivity index is 2.17. The minimum atomic E-state index is 0.224. The van der Waals surface area contributed by atoms with Gasteiger partial charge in [0, 0.05) is 6.07 Å². The molecule has 0 unspecified atom stereocenters. The lowest BCUT2D eigenvalue weighted by Crippen LogP contribution is -1.73. The molecule has 1 aromatic heterocycles. The summed E-state index contributed by atoms with van der Waals surface area (Å²) >= 11 is 6.56. The molecule has 0 saturated carbocycles. The zero-order valence-electron chi connectivity index (χ0n) is 8.02. The van der Waals surface area contributed by atoms with Crippen LogP contribution in [0, 0.1) is 0 Å². The van der Waals surface area contributed by atoms with Crippen LogP contribution in [0.2, 0.25) is 0 Å². The Labute approximate surface area is 109 Å². The van der Waals surface area contributed by atoms with Gasteiger partial charge in [0.05, 0.1) is 16.4 Å². The average Bonchev–Trinajstić information content (AvgIpc) is 2.58. The molecule has 0 bridgehead atoms. The third-order valence-corrected chi connectivity index (χ3v) is 3.56. The van der Waals surface area contributed by atoms with Crippen molar-refractivity contribution < 1.29 is 9.52 Å². The van der Waals surface area contributed by atoms with Gasteiger partial charge in [-0.1, -0.05) is 0 Å². The van der Waals surface area contributed by atoms with Gasteiger partial charge in [-0.3, -0.25) is 4.99 Å². The summed E-state index contributed by atoms with van der Waals surface area (Å²) in [4.78, 5) is 4.20. The molecule has 0 saturated heterocycles. The average molecular weight is 345 g/mol. The van der Waals surface area contributed by atoms with Gasteiger partial charge in [-0.05, 0) is 56.1 Å². The fourth-order valence-electron chi connectivity index (χ4n) is 1.10. The minimum Gasteiger partial charge on any atom is -0.508 e. The first kappa shape index (κ1) is 11.4. The fraction of sp³-hybridized carbons (Fsp3) is 0. The van der Waals surface area contributed by atoms with Crippen LogP contribution < -0.4 is 0 Å². The molecule has 82 valence electrons. The van der Waals surface area contributed by atoms with E-state index in [1.165, 1.54) is 0 Å². The Morgan fingerprint density at radius 3 is 2.44 bits per heavy atom. The van der Waals surface area contributed by atoms with Crippen molar-refractivity contribution in [1.29, 1.82) is 0 Å². The number of phenolic OH excluding ortho intramolecular Hbond substituents is 1. The summed E-state index contributed by atoms with van der Waals surface area (Å²) in [5.41, 5.74) is 0.751. The predicted octanol–water partition coefficient (Wildman–Crippen LogP) is 4.26. The summed E-state index contributed by atoms with van der Waals surface area (Å²) in [5, 5.41) is 9.10. The first-order valence-electron chi connectivity index (χ1n) is 4.43. The van der Waals surface area contributed by atoms with Gasteiger partial charge in [-0.2, -0.15) is 0 Å². The topological polar surface area (TPSA) is 45.7 Å². The maximum absolute atomic E-state index is 9.10. The highest BCUT2D eigenvalue weighted by Gasteiger charge is 2.03. The Morgan fingerprint density at radius 1 is 1.19 bits per heavy atom. The first-order valence-corrected chi connectivity index (χ1v) is 6.02. The molecule has 0 aliphatic heterocycles. The van der Waals surface area contributed by atoms with Crippen LogP contribution in [0.3, 0.4) is 0 Å². The van der Waals surface area contributed by atoms with Crippen LogP contribution in [0.15, 0.2) is 48.9 Å². The van der Waals surface area contributed by atoms with Crippen molar-refractivity contribution in [3.63, 3.8) is 0 Å². The van der Waals surface area contributed by atoms with E-state index in [0.717, 1.165) is 10.2 Å². The monoisotopic (exact) mass is 343 g/mol. The number of furan rings is 1. The van der Waals surface area contributed by atoms with E-state index in [1.807, 2.05) is 6.07 Å². The largest absolute Gasteiger partial charge is 0.508 e. The van der Waals surface area contributed by atoms with E-state index in [-0.39, 0.29) is 5.75 Å². The lowest BCUT2D eigenvalue weighted by atomic mass is 10.3. The highest BCUT2D eigenvalue weighted by molar-refractivity contribution is 9.13. The van der Waals surface area contributed by atoms with Crippen LogP contribution >= 0.6 is 31.9 Å². The standard InChI is InChI=1S/C11H7Br2NO2/c12-10-5-9(16-11(10)13)6-14-7-1-3-8(15)4-2-7/h1-6,15H. The van der Waals surface area contributed by atoms with Gasteiger partial charge >= 0.3 is 0 Å². The van der Waals surface area contributed by atoms with E-state index in [0.29, 0.717) is 10.4 Å². The van der Waals surface area contributed by atoms with E-state index in [4.69, 9.17) is 9.52 Å². The van der Waals surface area contributed by atoms with Crippen molar-refractivity contribution in [3.8, 4) is 5.75 Å². The second-order valence-corrected chi connectivity index (χ2v) is 4.62. The summed E-state index contributed by atoms with van der Waals surface area (Å²) in [6.45, 7) is 0. The third-order valence-electron chi connectivity index (χ3n) is 1.85. The normalized spacial score (nSPS) is 11.1. The summed E-state index contributed by atoms with van der Waals surface area (Å²) in [7, 11) is 0. The zero-order chi connectivity index (χ0) is 11.5. The molecule has 1 aromatic carbocycles. The van der Waals surface area contributed by atoms with E-state index in [2.05, 4.69) is 36.9 Å². The molecule has 0 aliphatic carbocycles. The summed E-state index contributed by atoms with van der Waals surface area (Å²) in [6.07, 6.45) is 1.61. The number of phenols is 1. The predicted molar refractivity (Wildman–Crippen MR) is 69.5 cm³/mol. The summed E-state index contributed by atoms with van der Waals surface area (Å²) in [5.74, 6) is 0.870. The fourth-order valence-corrected chi connectivity index (χ4v) is 1.71. The molecule has 0 aliphatic rings. The number of halogens is 2. The summed E-state index contributed by atoms with van der Waals surface area (Å²) in [6, 6.07) is 8.42. The second-order valence-electron chi connectivity index (χ2n) is 3.05. The molecule has 16 heavy (non-hydrogen) atoms. The highest BCUT2D eigenvalue weighted by atomic mass is 79.9. The number of nitrogens with zero attached hydrogens (tertiary/aromatic N) is 1. The van der Waals surface area contributed by atoms with E-state index in [1.54, 1.807) is 30.5 Å². The molecule has 0 radical (unpaired) electrons. The van der Waals surface area contributed by atoms with Crippen LogP contribution in [0.4, 0.5) is 5.69 Å². The second kappa shape index (κ2) is 4.84. The van der Waals surface area contributed by atoms with Crippen LogP contribution in [0.5, 0.6) is 5.75 Å². The highest BCUT2D eigenvalue weighted by Crippen LogP contribution is 2.26. The molecule has 1 heterocycles. The van der Waals surface area contributed by atoms with E-state index < -0.39 is 0 Å². The number of hydrogen-bond acceptors (Lipinski definition) is 3. The van der Waals surface area contributed by atoms with Crippen molar-refractivity contribution in [1.82, 2.24) is 0 Å². The lowest BCUT2D eigenvalue weighted by molar-refractivity contribution is 0.475. The Bertz CT molecular complexity index is 498. The Kier molecular flexibility index (Phi) is 3.46. The lowest BCUT2D eigenvalue weighted by Gasteiger charge is -1.92. The number of aromatic hydroxyl groups is 1. The third kappa shape index (κ3) is 2.74. The quantitative estimate of drug-likeness (QED) is 0.827. The molecule has 1 N–H and O–H groups in total. The van der Waals surface area contributed by atoms with Gasteiger partial charge < -0.3 is 9.52 Å². The molecule has 2 aromatic rings. The number of benzene rings is 1. The van der Waals surface area contributed by atoms with Crippen LogP contribution in [0.1, 0.15) is 5.76 Å². The Hall–Kier alpha value is -1.07. The summed E-state index contributed by atoms with van der Waals surface area (Å²) < 4.78 is 6.82. The molecule has 5 heteroatoms. The molecule has 3 nitrogen and oxygen atoms in total. The van der Waals surface area contributed by atoms with Crippen LogP contribution in [-0.4, -0.2) is 11.3 Å². The zero-order valence-corrected chi connectivity index (χ0v) is 11.2. The Morgan fingerprint density at radius 2 is 1.88 bits per heavy atom. The van der Waals surface area contributed by atoms with Crippen molar-refractivity contribution in [3.05, 3.63) is 45.2 Å². The SMILES string of the molecule is Oc1ccc(N=Cc2cc(Br)c(Br)o2)cc1. The van der Waals surface area contributed by atoms with Gasteiger partial charge in [-0.15, -0.1) is 0 Å². The van der Waals surface area contributed by atoms with Gasteiger partial charge in [0.2, 0.25) is 0 Å². The van der Waals surface area contributed by atoms with Gasteiger partial charge in [0.25, 0.3) is 0 Å². The molecular weight excluding hydrogens is 338 g/mol. The van der Waals surface area contributed by atoms with Crippen LogP contribution in [-0.2, 0) is 0 Å². The van der Waals surface area contributed by atoms with Crippen LogP contribution in [0.25, 0.3) is 0 Å². The van der Waals surface area contributed by atoms with Crippen molar-refractivity contribution in [2.45, 2.75) is 0 Å². The first-order chi connectivity index (χ1) is 7.65. The van der Waals surface area contributed by atoms with Gasteiger partial charge in [0.1, 0.15) is 11.5 Å². The number of rotatable bonds is 2. The van der Waals surface area contributed by atoms with Crippen molar-refractivity contribution >= 4 is 43.8 Å². The molecule has 0 fully saturated rings. The molecular formula is C11H7Br2NO2.